The number of aliphatic hydroxyl groups excluding tert-OH is 1. The maximum atomic E-state index is 10.5. The minimum Gasteiger partial charge on any atom is -0.388 e. The van der Waals surface area contributed by atoms with Gasteiger partial charge in [0.25, 0.3) is 0 Å². The maximum Gasteiger partial charge on any atom is 0.0889 e. The summed E-state index contributed by atoms with van der Waals surface area (Å²) in [5.74, 6) is 0.600. The number of hydrogen-bond acceptors (Lipinski definition) is 3. The molecule has 2 nitrogen and oxygen atoms in total. The summed E-state index contributed by atoms with van der Waals surface area (Å²) in [5.41, 5.74) is 0.941. The molecular weight excluding hydrogens is 302 g/mol. The van der Waals surface area contributed by atoms with Crippen molar-refractivity contribution < 1.29 is 5.11 Å². The normalized spacial score (nSPS) is 12.5. The SMILES string of the molecule is OC(CSc1ccc(Cl)cc1)c1cccc2cnccc12. The first-order valence-corrected chi connectivity index (χ1v) is 7.99. The van der Waals surface area contributed by atoms with Crippen molar-refractivity contribution >= 4 is 34.1 Å². The van der Waals surface area contributed by atoms with E-state index in [1.807, 2.05) is 54.7 Å². The number of aliphatic hydroxyl groups is 1. The molecule has 0 aliphatic rings. The van der Waals surface area contributed by atoms with Crippen molar-refractivity contribution in [2.45, 2.75) is 11.0 Å². The Balaban J connectivity index is 1.78. The third kappa shape index (κ3) is 3.38. The van der Waals surface area contributed by atoms with Gasteiger partial charge in [0, 0.05) is 33.5 Å². The number of pyridine rings is 1. The van der Waals surface area contributed by atoms with Gasteiger partial charge in [-0.05, 0) is 41.3 Å². The fourth-order valence-corrected chi connectivity index (χ4v) is 3.22. The summed E-state index contributed by atoms with van der Waals surface area (Å²) in [7, 11) is 0. The molecule has 1 unspecified atom stereocenters. The number of nitrogens with zero attached hydrogens (tertiary/aromatic N) is 1. The second-order valence-corrected chi connectivity index (χ2v) is 6.25. The van der Waals surface area contributed by atoms with Gasteiger partial charge in [-0.3, -0.25) is 4.98 Å². The smallest absolute Gasteiger partial charge is 0.0889 e. The van der Waals surface area contributed by atoms with E-state index in [1.54, 1.807) is 18.0 Å². The van der Waals surface area contributed by atoms with Crippen molar-refractivity contribution in [1.82, 2.24) is 4.98 Å². The molecule has 0 saturated heterocycles. The molecule has 3 aromatic rings. The van der Waals surface area contributed by atoms with Crippen LogP contribution in [0.3, 0.4) is 0 Å². The number of aromatic nitrogens is 1. The van der Waals surface area contributed by atoms with Gasteiger partial charge in [-0.15, -0.1) is 11.8 Å². The number of fused-ring (bicyclic) bond motifs is 1. The minimum absolute atomic E-state index is 0.517. The van der Waals surface area contributed by atoms with Gasteiger partial charge >= 0.3 is 0 Å². The highest BCUT2D eigenvalue weighted by molar-refractivity contribution is 7.99. The standard InChI is InChI=1S/C17H14ClNOS/c18-13-4-6-14(7-5-13)21-11-17(20)16-3-1-2-12-10-19-9-8-15(12)16/h1-10,17,20H,11H2. The molecule has 0 radical (unpaired) electrons. The summed E-state index contributed by atoms with van der Waals surface area (Å²) < 4.78 is 0. The summed E-state index contributed by atoms with van der Waals surface area (Å²) >= 11 is 7.49. The molecule has 0 fully saturated rings. The fourth-order valence-electron chi connectivity index (χ4n) is 2.23. The molecule has 2 aromatic carbocycles. The zero-order valence-electron chi connectivity index (χ0n) is 11.2. The zero-order valence-corrected chi connectivity index (χ0v) is 12.8. The molecule has 0 spiro atoms. The van der Waals surface area contributed by atoms with E-state index in [2.05, 4.69) is 4.98 Å². The van der Waals surface area contributed by atoms with E-state index in [0.717, 1.165) is 26.3 Å². The summed E-state index contributed by atoms with van der Waals surface area (Å²) in [6.07, 6.45) is 3.06. The average Bonchev–Trinajstić information content (AvgIpc) is 2.53. The summed E-state index contributed by atoms with van der Waals surface area (Å²) in [6.45, 7) is 0. The van der Waals surface area contributed by atoms with Crippen LogP contribution in [-0.4, -0.2) is 15.8 Å². The Kier molecular flexibility index (Phi) is 4.44. The van der Waals surface area contributed by atoms with Crippen LogP contribution in [-0.2, 0) is 0 Å². The van der Waals surface area contributed by atoms with Crippen LogP contribution in [0.1, 0.15) is 11.7 Å². The van der Waals surface area contributed by atoms with E-state index in [0.29, 0.717) is 5.75 Å². The first-order valence-electron chi connectivity index (χ1n) is 6.63. The van der Waals surface area contributed by atoms with Gasteiger partial charge < -0.3 is 5.11 Å². The summed E-state index contributed by atoms with van der Waals surface area (Å²) in [6, 6.07) is 15.5. The third-order valence-electron chi connectivity index (χ3n) is 3.29. The first kappa shape index (κ1) is 14.4. The van der Waals surface area contributed by atoms with Crippen LogP contribution in [0.5, 0.6) is 0 Å². The van der Waals surface area contributed by atoms with Gasteiger partial charge in [-0.2, -0.15) is 0 Å². The molecule has 21 heavy (non-hydrogen) atoms. The summed E-state index contributed by atoms with van der Waals surface area (Å²) in [4.78, 5) is 5.21. The molecule has 0 saturated carbocycles. The molecule has 3 rings (SSSR count). The molecule has 1 atom stereocenters. The van der Waals surface area contributed by atoms with Crippen LogP contribution in [0, 0.1) is 0 Å². The van der Waals surface area contributed by atoms with Crippen molar-refractivity contribution in [1.29, 1.82) is 0 Å². The number of rotatable bonds is 4. The maximum absolute atomic E-state index is 10.5. The minimum atomic E-state index is -0.517. The van der Waals surface area contributed by atoms with Crippen molar-refractivity contribution in [2.75, 3.05) is 5.75 Å². The number of thioether (sulfide) groups is 1. The molecule has 0 aliphatic carbocycles. The monoisotopic (exact) mass is 315 g/mol. The van der Waals surface area contributed by atoms with E-state index in [9.17, 15) is 5.11 Å². The molecule has 1 N–H and O–H groups in total. The van der Waals surface area contributed by atoms with E-state index in [4.69, 9.17) is 11.6 Å². The largest absolute Gasteiger partial charge is 0.388 e. The lowest BCUT2D eigenvalue weighted by Gasteiger charge is -2.13. The van der Waals surface area contributed by atoms with Crippen LogP contribution in [0.4, 0.5) is 0 Å². The predicted octanol–water partition coefficient (Wildman–Crippen LogP) is 4.71. The van der Waals surface area contributed by atoms with Crippen LogP contribution in [0.15, 0.2) is 65.8 Å². The van der Waals surface area contributed by atoms with Gasteiger partial charge in [0.2, 0.25) is 0 Å². The topological polar surface area (TPSA) is 33.1 Å². The number of hydrogen-bond donors (Lipinski definition) is 1. The molecule has 1 heterocycles. The number of benzene rings is 2. The molecule has 106 valence electrons. The molecule has 0 amide bonds. The lowest BCUT2D eigenvalue weighted by molar-refractivity contribution is 0.205. The van der Waals surface area contributed by atoms with Crippen molar-refractivity contribution in [3.05, 3.63) is 71.5 Å². The molecule has 1 aromatic heterocycles. The first-order chi connectivity index (χ1) is 10.2. The average molecular weight is 316 g/mol. The highest BCUT2D eigenvalue weighted by Crippen LogP contribution is 2.29. The third-order valence-corrected chi connectivity index (χ3v) is 4.63. The molecule has 0 bridgehead atoms. The summed E-state index contributed by atoms with van der Waals surface area (Å²) in [5, 5.41) is 13.3. The molecule has 0 aliphatic heterocycles. The Morgan fingerprint density at radius 3 is 2.71 bits per heavy atom. The quantitative estimate of drug-likeness (QED) is 0.708. The lowest BCUT2D eigenvalue weighted by Crippen LogP contribution is -2.01. The van der Waals surface area contributed by atoms with Gasteiger partial charge in [0.05, 0.1) is 6.10 Å². The van der Waals surface area contributed by atoms with Crippen LogP contribution in [0.25, 0.3) is 10.8 Å². The van der Waals surface area contributed by atoms with Gasteiger partial charge in [0.15, 0.2) is 0 Å². The second kappa shape index (κ2) is 6.48. The zero-order chi connectivity index (χ0) is 14.7. The molecular formula is C17H14ClNOS. The van der Waals surface area contributed by atoms with Crippen LogP contribution in [0.2, 0.25) is 5.02 Å². The second-order valence-electron chi connectivity index (χ2n) is 4.72. The number of halogens is 1. The van der Waals surface area contributed by atoms with Gasteiger partial charge in [-0.25, -0.2) is 0 Å². The highest BCUT2D eigenvalue weighted by atomic mass is 35.5. The Bertz CT molecular complexity index is 740. The highest BCUT2D eigenvalue weighted by Gasteiger charge is 2.11. The van der Waals surface area contributed by atoms with Crippen LogP contribution >= 0.6 is 23.4 Å². The Hall–Kier alpha value is -1.55. The Morgan fingerprint density at radius 2 is 1.90 bits per heavy atom. The fraction of sp³-hybridized carbons (Fsp3) is 0.118. The van der Waals surface area contributed by atoms with Crippen molar-refractivity contribution in [3.8, 4) is 0 Å². The van der Waals surface area contributed by atoms with E-state index >= 15 is 0 Å². The Labute approximate surface area is 132 Å². The van der Waals surface area contributed by atoms with Gasteiger partial charge in [-0.1, -0.05) is 29.8 Å². The molecule has 4 heteroatoms. The van der Waals surface area contributed by atoms with Gasteiger partial charge in [0.1, 0.15) is 0 Å². The predicted molar refractivity (Wildman–Crippen MR) is 88.9 cm³/mol. The van der Waals surface area contributed by atoms with E-state index < -0.39 is 6.10 Å². The van der Waals surface area contributed by atoms with Crippen LogP contribution < -0.4 is 0 Å². The lowest BCUT2D eigenvalue weighted by atomic mass is 10.0. The van der Waals surface area contributed by atoms with E-state index in [-0.39, 0.29) is 0 Å². The van der Waals surface area contributed by atoms with Crippen molar-refractivity contribution in [3.63, 3.8) is 0 Å². The Morgan fingerprint density at radius 1 is 1.10 bits per heavy atom. The van der Waals surface area contributed by atoms with Crippen molar-refractivity contribution in [2.24, 2.45) is 0 Å². The van der Waals surface area contributed by atoms with E-state index in [1.165, 1.54) is 0 Å².